The van der Waals surface area contributed by atoms with Gasteiger partial charge in [0.15, 0.2) is 0 Å². The van der Waals surface area contributed by atoms with Crippen molar-refractivity contribution in [3.63, 3.8) is 0 Å². The third-order valence-electron chi connectivity index (χ3n) is 1.72. The van der Waals surface area contributed by atoms with Crippen LogP contribution in [0.2, 0.25) is 0 Å². The van der Waals surface area contributed by atoms with Crippen molar-refractivity contribution in [2.45, 2.75) is 12.4 Å². The van der Waals surface area contributed by atoms with Crippen LogP contribution in [0, 0.1) is 0 Å². The van der Waals surface area contributed by atoms with Crippen molar-refractivity contribution in [2.24, 2.45) is 0 Å². The van der Waals surface area contributed by atoms with Crippen LogP contribution in [0.25, 0.3) is 0 Å². The Balaban J connectivity index is 2.83. The van der Waals surface area contributed by atoms with E-state index >= 15 is 0 Å². The molecule has 0 aliphatic rings. The first-order chi connectivity index (χ1) is 7.76. The number of hydrogen-bond acceptors (Lipinski definition) is 3. The topological polar surface area (TPSA) is 55.4 Å². The van der Waals surface area contributed by atoms with Crippen molar-refractivity contribution in [2.75, 3.05) is 11.3 Å². The van der Waals surface area contributed by atoms with Gasteiger partial charge in [0.2, 0.25) is 0 Å². The number of rotatable bonds is 4. The average Bonchev–Trinajstić information content (AvgIpc) is 2.19. The van der Waals surface area contributed by atoms with Crippen LogP contribution < -0.4 is 9.46 Å². The molecule has 0 aromatic heterocycles. The van der Waals surface area contributed by atoms with Crippen molar-refractivity contribution in [3.05, 3.63) is 24.3 Å². The normalized spacial score (nSPS) is 12.2. The third-order valence-corrected chi connectivity index (χ3v) is 2.84. The molecule has 4 nitrogen and oxygen atoms in total. The summed E-state index contributed by atoms with van der Waals surface area (Å²) in [6.45, 7) is 2.16. The van der Waals surface area contributed by atoms with Crippen LogP contribution >= 0.6 is 0 Å². The summed E-state index contributed by atoms with van der Waals surface area (Å²) < 4.78 is 64.1. The molecular formula is C9H10F3NO3S. The van der Waals surface area contributed by atoms with Crippen molar-refractivity contribution in [3.8, 4) is 5.75 Å². The van der Waals surface area contributed by atoms with Gasteiger partial charge in [0.05, 0.1) is 6.61 Å². The standard InChI is InChI=1S/C9H10F3NO3S/c1-2-16-8-5-3-7(4-6-8)13-17(14,15)9(10,11)12/h3-6,13H,2H2,1H3. The predicted molar refractivity (Wildman–Crippen MR) is 56.2 cm³/mol. The van der Waals surface area contributed by atoms with E-state index in [0.29, 0.717) is 12.4 Å². The first-order valence-electron chi connectivity index (χ1n) is 4.58. The Labute approximate surface area is 96.4 Å². The lowest BCUT2D eigenvalue weighted by Crippen LogP contribution is -2.29. The zero-order chi connectivity index (χ0) is 13.1. The van der Waals surface area contributed by atoms with Crippen molar-refractivity contribution < 1.29 is 26.3 Å². The molecule has 0 heterocycles. The van der Waals surface area contributed by atoms with Crippen molar-refractivity contribution >= 4 is 15.7 Å². The Morgan fingerprint density at radius 1 is 1.24 bits per heavy atom. The Bertz CT molecular complexity index is 467. The molecule has 0 fully saturated rings. The maximum atomic E-state index is 12.0. The molecule has 0 saturated carbocycles. The Morgan fingerprint density at radius 2 is 1.76 bits per heavy atom. The van der Waals surface area contributed by atoms with E-state index in [-0.39, 0.29) is 5.69 Å². The first kappa shape index (κ1) is 13.6. The van der Waals surface area contributed by atoms with Gasteiger partial charge in [-0.3, -0.25) is 4.72 Å². The van der Waals surface area contributed by atoms with Gasteiger partial charge in [-0.2, -0.15) is 21.6 Å². The van der Waals surface area contributed by atoms with Gasteiger partial charge in [0, 0.05) is 5.69 Å². The Hall–Kier alpha value is -1.44. The van der Waals surface area contributed by atoms with Crippen LogP contribution in [0.4, 0.5) is 18.9 Å². The zero-order valence-electron chi connectivity index (χ0n) is 8.78. The average molecular weight is 269 g/mol. The van der Waals surface area contributed by atoms with Gasteiger partial charge < -0.3 is 4.74 Å². The summed E-state index contributed by atoms with van der Waals surface area (Å²) in [5.74, 6) is 0.447. The quantitative estimate of drug-likeness (QED) is 0.912. The lowest BCUT2D eigenvalue weighted by molar-refractivity contribution is -0.0429. The van der Waals surface area contributed by atoms with Crippen LogP contribution in [0.15, 0.2) is 24.3 Å². The number of halogens is 3. The van der Waals surface area contributed by atoms with Gasteiger partial charge in [0.25, 0.3) is 0 Å². The number of sulfonamides is 1. The minimum atomic E-state index is -5.37. The summed E-state index contributed by atoms with van der Waals surface area (Å²) >= 11 is 0. The van der Waals surface area contributed by atoms with Gasteiger partial charge in [-0.15, -0.1) is 0 Å². The molecule has 96 valence electrons. The smallest absolute Gasteiger partial charge is 0.494 e. The van der Waals surface area contributed by atoms with E-state index in [4.69, 9.17) is 4.74 Å². The van der Waals surface area contributed by atoms with E-state index in [1.165, 1.54) is 29.0 Å². The van der Waals surface area contributed by atoms with Gasteiger partial charge in [-0.05, 0) is 31.2 Å². The number of nitrogens with one attached hydrogen (secondary N) is 1. The van der Waals surface area contributed by atoms with E-state index in [1.807, 2.05) is 0 Å². The molecule has 0 aliphatic heterocycles. The van der Waals surface area contributed by atoms with E-state index < -0.39 is 15.5 Å². The number of anilines is 1. The molecular weight excluding hydrogens is 259 g/mol. The third kappa shape index (κ3) is 3.52. The molecule has 1 rings (SSSR count). The highest BCUT2D eigenvalue weighted by Gasteiger charge is 2.45. The number of benzene rings is 1. The fourth-order valence-corrected chi connectivity index (χ4v) is 1.56. The Morgan fingerprint density at radius 3 is 2.18 bits per heavy atom. The van der Waals surface area contributed by atoms with Crippen LogP contribution in [0.3, 0.4) is 0 Å². The highest BCUT2D eigenvalue weighted by molar-refractivity contribution is 7.93. The van der Waals surface area contributed by atoms with Crippen molar-refractivity contribution in [1.82, 2.24) is 0 Å². The predicted octanol–water partition coefficient (Wildman–Crippen LogP) is 2.35. The monoisotopic (exact) mass is 269 g/mol. The molecule has 1 aromatic carbocycles. The SMILES string of the molecule is CCOc1ccc(NS(=O)(=O)C(F)(F)F)cc1. The molecule has 0 bridgehead atoms. The molecule has 0 atom stereocenters. The second-order valence-electron chi connectivity index (χ2n) is 3.01. The summed E-state index contributed by atoms with van der Waals surface area (Å²) in [5, 5.41) is 0. The van der Waals surface area contributed by atoms with Gasteiger partial charge in [-0.1, -0.05) is 0 Å². The minimum Gasteiger partial charge on any atom is -0.494 e. The molecule has 8 heteroatoms. The lowest BCUT2D eigenvalue weighted by atomic mass is 10.3. The Kier molecular flexibility index (Phi) is 3.87. The number of alkyl halides is 3. The largest absolute Gasteiger partial charge is 0.516 e. The highest BCUT2D eigenvalue weighted by atomic mass is 32.2. The lowest BCUT2D eigenvalue weighted by Gasteiger charge is -2.10. The summed E-state index contributed by atoms with van der Waals surface area (Å²) in [4.78, 5) is 0. The van der Waals surface area contributed by atoms with E-state index in [0.717, 1.165) is 0 Å². The van der Waals surface area contributed by atoms with Crippen molar-refractivity contribution in [1.29, 1.82) is 0 Å². The van der Waals surface area contributed by atoms with E-state index in [9.17, 15) is 21.6 Å². The number of ether oxygens (including phenoxy) is 1. The first-order valence-corrected chi connectivity index (χ1v) is 6.06. The molecule has 0 spiro atoms. The fourth-order valence-electron chi connectivity index (χ4n) is 0.999. The maximum Gasteiger partial charge on any atom is 0.516 e. The molecule has 17 heavy (non-hydrogen) atoms. The zero-order valence-corrected chi connectivity index (χ0v) is 9.60. The van der Waals surface area contributed by atoms with Crippen LogP contribution in [-0.4, -0.2) is 20.5 Å². The van der Waals surface area contributed by atoms with Gasteiger partial charge in [0.1, 0.15) is 5.75 Å². The molecule has 0 radical (unpaired) electrons. The second kappa shape index (κ2) is 4.82. The molecule has 0 saturated heterocycles. The number of hydrogen-bond donors (Lipinski definition) is 1. The molecule has 0 amide bonds. The second-order valence-corrected chi connectivity index (χ2v) is 4.68. The molecule has 0 aliphatic carbocycles. The van der Waals surface area contributed by atoms with Crippen LogP contribution in [0.5, 0.6) is 5.75 Å². The minimum absolute atomic E-state index is 0.175. The van der Waals surface area contributed by atoms with Crippen LogP contribution in [-0.2, 0) is 10.0 Å². The maximum absolute atomic E-state index is 12.0. The van der Waals surface area contributed by atoms with E-state index in [1.54, 1.807) is 6.92 Å². The summed E-state index contributed by atoms with van der Waals surface area (Å²) in [6, 6.07) is 5.12. The van der Waals surface area contributed by atoms with Gasteiger partial charge in [-0.25, -0.2) is 0 Å². The van der Waals surface area contributed by atoms with Gasteiger partial charge >= 0.3 is 15.5 Å². The molecule has 1 aromatic rings. The summed E-state index contributed by atoms with van der Waals surface area (Å²) in [7, 11) is -5.37. The fraction of sp³-hybridized carbons (Fsp3) is 0.333. The molecule has 1 N–H and O–H groups in total. The highest BCUT2D eigenvalue weighted by Crippen LogP contribution is 2.26. The summed E-state index contributed by atoms with van der Waals surface area (Å²) in [5.41, 5.74) is -5.50. The summed E-state index contributed by atoms with van der Waals surface area (Å²) in [6.07, 6.45) is 0. The van der Waals surface area contributed by atoms with Crippen LogP contribution in [0.1, 0.15) is 6.92 Å². The molecule has 0 unspecified atom stereocenters. The van der Waals surface area contributed by atoms with E-state index in [2.05, 4.69) is 0 Å².